The van der Waals surface area contributed by atoms with Crippen LogP contribution in [0.4, 0.5) is 5.69 Å². The van der Waals surface area contributed by atoms with E-state index in [9.17, 15) is 18.0 Å². The molecule has 9 heteroatoms. The number of hydrogen-bond acceptors (Lipinski definition) is 4. The largest absolute Gasteiger partial charge is 0.352 e. The van der Waals surface area contributed by atoms with Crippen molar-refractivity contribution < 1.29 is 18.0 Å². The van der Waals surface area contributed by atoms with E-state index in [0.717, 1.165) is 59.4 Å². The molecule has 0 aromatic heterocycles. The Hall–Kier alpha value is -3.36. The number of halogens is 1. The zero-order valence-corrected chi connectivity index (χ0v) is 25.2. The molecule has 0 saturated heterocycles. The lowest BCUT2D eigenvalue weighted by Crippen LogP contribution is -2.54. The number of sulfonamides is 1. The van der Waals surface area contributed by atoms with Crippen molar-refractivity contribution in [2.45, 2.75) is 64.1 Å². The van der Waals surface area contributed by atoms with E-state index in [2.05, 4.69) is 5.32 Å². The second-order valence-corrected chi connectivity index (χ2v) is 13.0. The van der Waals surface area contributed by atoms with Crippen LogP contribution in [-0.2, 0) is 39.0 Å². The van der Waals surface area contributed by atoms with Crippen molar-refractivity contribution >= 4 is 39.1 Å². The topological polar surface area (TPSA) is 86.8 Å². The molecule has 1 atom stereocenters. The minimum Gasteiger partial charge on any atom is -0.352 e. The maximum absolute atomic E-state index is 14.2. The molecule has 0 heterocycles. The zero-order chi connectivity index (χ0) is 29.4. The Kier molecular flexibility index (Phi) is 10.5. The molecule has 3 aromatic carbocycles. The molecule has 0 bridgehead atoms. The summed E-state index contributed by atoms with van der Waals surface area (Å²) in [5.74, 6) is -0.716. The van der Waals surface area contributed by atoms with Gasteiger partial charge in [0.15, 0.2) is 0 Å². The third-order valence-electron chi connectivity index (χ3n) is 7.53. The number of nitrogens with one attached hydrogen (secondary N) is 1. The van der Waals surface area contributed by atoms with Crippen LogP contribution in [0.5, 0.6) is 0 Å². The van der Waals surface area contributed by atoms with E-state index in [-0.39, 0.29) is 24.9 Å². The summed E-state index contributed by atoms with van der Waals surface area (Å²) in [6.45, 7) is 1.68. The molecule has 218 valence electrons. The fourth-order valence-electron chi connectivity index (χ4n) is 5.27. The monoisotopic (exact) mass is 595 g/mol. The molecule has 1 aliphatic rings. The van der Waals surface area contributed by atoms with Crippen molar-refractivity contribution in [2.75, 3.05) is 17.1 Å². The van der Waals surface area contributed by atoms with Gasteiger partial charge < -0.3 is 10.2 Å². The molecule has 1 unspecified atom stereocenters. The Labute approximate surface area is 248 Å². The Bertz CT molecular complexity index is 1420. The predicted octanol–water partition coefficient (Wildman–Crippen LogP) is 5.37. The van der Waals surface area contributed by atoms with E-state index < -0.39 is 28.5 Å². The molecular weight excluding hydrogens is 558 g/mol. The highest BCUT2D eigenvalue weighted by molar-refractivity contribution is 7.92. The lowest BCUT2D eigenvalue weighted by molar-refractivity contribution is -0.140. The highest BCUT2D eigenvalue weighted by atomic mass is 35.5. The first-order chi connectivity index (χ1) is 19.6. The summed E-state index contributed by atoms with van der Waals surface area (Å²) < 4.78 is 27.0. The van der Waals surface area contributed by atoms with Gasteiger partial charge in [0.2, 0.25) is 21.8 Å². The lowest BCUT2D eigenvalue weighted by Gasteiger charge is -2.34. The third kappa shape index (κ3) is 8.57. The first kappa shape index (κ1) is 30.6. The molecule has 0 radical (unpaired) electrons. The molecule has 0 spiro atoms. The van der Waals surface area contributed by atoms with Gasteiger partial charge in [-0.1, -0.05) is 86.0 Å². The van der Waals surface area contributed by atoms with E-state index in [1.807, 2.05) is 55.5 Å². The van der Waals surface area contributed by atoms with Crippen molar-refractivity contribution in [1.82, 2.24) is 10.2 Å². The van der Waals surface area contributed by atoms with Crippen LogP contribution in [0.25, 0.3) is 0 Å². The number of carbonyl (C=O) groups excluding carboxylic acids is 2. The number of benzene rings is 3. The van der Waals surface area contributed by atoms with E-state index in [4.69, 9.17) is 11.6 Å². The number of hydrogen-bond donors (Lipinski definition) is 1. The quantitative estimate of drug-likeness (QED) is 0.305. The average Bonchev–Trinajstić information content (AvgIpc) is 3.46. The second-order valence-electron chi connectivity index (χ2n) is 10.6. The van der Waals surface area contributed by atoms with Gasteiger partial charge in [0.1, 0.15) is 12.6 Å². The van der Waals surface area contributed by atoms with Crippen LogP contribution in [0.15, 0.2) is 78.9 Å². The fourth-order valence-corrected chi connectivity index (χ4v) is 6.33. The van der Waals surface area contributed by atoms with Gasteiger partial charge in [-0.15, -0.1) is 0 Å². The fraction of sp³-hybridized carbons (Fsp3) is 0.375. The minimum atomic E-state index is -3.80. The third-order valence-corrected chi connectivity index (χ3v) is 8.90. The van der Waals surface area contributed by atoms with Gasteiger partial charge in [-0.25, -0.2) is 8.42 Å². The summed E-state index contributed by atoms with van der Waals surface area (Å²) >= 11 is 6.27. The first-order valence-corrected chi connectivity index (χ1v) is 16.3. The van der Waals surface area contributed by atoms with Gasteiger partial charge in [0.05, 0.1) is 11.9 Å². The van der Waals surface area contributed by atoms with Crippen molar-refractivity contribution in [3.8, 4) is 0 Å². The molecule has 3 aromatic rings. The van der Waals surface area contributed by atoms with Gasteiger partial charge in [-0.3, -0.25) is 13.9 Å². The van der Waals surface area contributed by atoms with Crippen LogP contribution >= 0.6 is 11.6 Å². The molecule has 41 heavy (non-hydrogen) atoms. The molecular formula is C32H38ClN3O4S. The summed E-state index contributed by atoms with van der Waals surface area (Å²) in [5.41, 5.74) is 3.10. The van der Waals surface area contributed by atoms with E-state index in [1.54, 1.807) is 30.3 Å². The van der Waals surface area contributed by atoms with Gasteiger partial charge in [-0.05, 0) is 60.2 Å². The summed E-state index contributed by atoms with van der Waals surface area (Å²) in [5, 5.41) is 3.68. The summed E-state index contributed by atoms with van der Waals surface area (Å²) in [6, 6.07) is 23.0. The van der Waals surface area contributed by atoms with Gasteiger partial charge in [0.25, 0.3) is 0 Å². The molecule has 1 fully saturated rings. The molecule has 4 rings (SSSR count). The van der Waals surface area contributed by atoms with Crippen LogP contribution in [-0.4, -0.2) is 50.0 Å². The maximum atomic E-state index is 14.2. The molecule has 1 N–H and O–H groups in total. The standard InChI is InChI=1S/C32H38ClN3O4S/c1-3-24-16-18-29(19-17-24)36(41(2,39)40)23-31(37)35(22-26-12-9-13-27(33)20-26)30(21-25-10-5-4-6-11-25)32(38)34-28-14-7-8-15-28/h4-6,9-13,16-20,28,30H,3,7-8,14-15,21-23H2,1-2H3,(H,34,38). The summed E-state index contributed by atoms with van der Waals surface area (Å²) in [6.07, 6.45) is 6.10. The number of anilines is 1. The smallest absolute Gasteiger partial charge is 0.244 e. The van der Waals surface area contributed by atoms with Crippen molar-refractivity contribution in [1.29, 1.82) is 0 Å². The van der Waals surface area contributed by atoms with E-state index in [1.165, 1.54) is 4.90 Å². The van der Waals surface area contributed by atoms with E-state index >= 15 is 0 Å². The predicted molar refractivity (Wildman–Crippen MR) is 164 cm³/mol. The van der Waals surface area contributed by atoms with Gasteiger partial charge in [0, 0.05) is 24.0 Å². The summed E-state index contributed by atoms with van der Waals surface area (Å²) in [7, 11) is -3.80. The molecule has 7 nitrogen and oxygen atoms in total. The van der Waals surface area contributed by atoms with Crippen LogP contribution in [0.3, 0.4) is 0 Å². The Balaban J connectivity index is 1.71. The van der Waals surface area contributed by atoms with Crippen LogP contribution in [0.2, 0.25) is 5.02 Å². The number of aryl methyl sites for hydroxylation is 1. The number of amides is 2. The Morgan fingerprint density at radius 3 is 2.20 bits per heavy atom. The Morgan fingerprint density at radius 1 is 0.927 bits per heavy atom. The average molecular weight is 596 g/mol. The molecule has 1 saturated carbocycles. The minimum absolute atomic E-state index is 0.0634. The van der Waals surface area contributed by atoms with Crippen LogP contribution < -0.4 is 9.62 Å². The van der Waals surface area contributed by atoms with Crippen molar-refractivity contribution in [3.05, 3.63) is 101 Å². The van der Waals surface area contributed by atoms with Gasteiger partial charge in [-0.2, -0.15) is 0 Å². The highest BCUT2D eigenvalue weighted by Gasteiger charge is 2.34. The van der Waals surface area contributed by atoms with Crippen LogP contribution in [0, 0.1) is 0 Å². The first-order valence-electron chi connectivity index (χ1n) is 14.1. The van der Waals surface area contributed by atoms with Crippen LogP contribution in [0.1, 0.15) is 49.3 Å². The normalized spacial score (nSPS) is 14.4. The zero-order valence-electron chi connectivity index (χ0n) is 23.6. The number of nitrogens with zero attached hydrogens (tertiary/aromatic N) is 2. The van der Waals surface area contributed by atoms with Crippen molar-refractivity contribution in [2.24, 2.45) is 0 Å². The molecule has 2 amide bonds. The second kappa shape index (κ2) is 14.0. The van der Waals surface area contributed by atoms with Gasteiger partial charge >= 0.3 is 0 Å². The Morgan fingerprint density at radius 2 is 1.59 bits per heavy atom. The summed E-state index contributed by atoms with van der Waals surface area (Å²) in [4.78, 5) is 29.5. The number of rotatable bonds is 12. The highest BCUT2D eigenvalue weighted by Crippen LogP contribution is 2.23. The van der Waals surface area contributed by atoms with Crippen molar-refractivity contribution in [3.63, 3.8) is 0 Å². The SMILES string of the molecule is CCc1ccc(N(CC(=O)N(Cc2cccc(Cl)c2)C(Cc2ccccc2)C(=O)NC2CCCC2)S(C)(=O)=O)cc1. The lowest BCUT2D eigenvalue weighted by atomic mass is 10.0. The maximum Gasteiger partial charge on any atom is 0.244 e. The number of carbonyl (C=O) groups is 2. The molecule has 0 aliphatic heterocycles. The molecule has 1 aliphatic carbocycles. The van der Waals surface area contributed by atoms with E-state index in [0.29, 0.717) is 10.7 Å².